The standard InChI is InChI=1S/C19H21NO7/c1-20-12-9(7-8-10(21)15(12)23-2)14(22)11-13(20)17(25-4)19(27-6)18(26-5)16(11)24-3/h7-8,21H,1-6H3. The van der Waals surface area contributed by atoms with Gasteiger partial charge in [0.05, 0.1) is 51.8 Å². The van der Waals surface area contributed by atoms with Crippen LogP contribution < -0.4 is 29.1 Å². The predicted molar refractivity (Wildman–Crippen MR) is 101 cm³/mol. The van der Waals surface area contributed by atoms with Gasteiger partial charge in [0.2, 0.25) is 16.9 Å². The molecule has 0 aliphatic rings. The SMILES string of the molecule is COc1c(OC)c(OC)c2c(c1OC)c(=O)c1ccc(O)c(OC)c1n2C. The Balaban J connectivity index is 2.76. The van der Waals surface area contributed by atoms with Gasteiger partial charge in [-0.05, 0) is 12.1 Å². The second-order valence-corrected chi connectivity index (χ2v) is 5.76. The number of ether oxygens (including phenoxy) is 5. The van der Waals surface area contributed by atoms with Gasteiger partial charge in [-0.3, -0.25) is 4.79 Å². The molecule has 0 amide bonds. The smallest absolute Gasteiger partial charge is 0.209 e. The van der Waals surface area contributed by atoms with E-state index in [-0.39, 0.29) is 39.6 Å². The molecule has 0 saturated carbocycles. The summed E-state index contributed by atoms with van der Waals surface area (Å²) in [7, 11) is 9.01. The van der Waals surface area contributed by atoms with Crippen molar-refractivity contribution in [2.75, 3.05) is 35.5 Å². The average Bonchev–Trinajstić information content (AvgIpc) is 2.69. The monoisotopic (exact) mass is 375 g/mol. The molecule has 27 heavy (non-hydrogen) atoms. The first-order valence-electron chi connectivity index (χ1n) is 8.04. The van der Waals surface area contributed by atoms with Gasteiger partial charge in [0, 0.05) is 7.05 Å². The number of aromatic hydroxyl groups is 1. The molecule has 3 aromatic rings. The third kappa shape index (κ3) is 2.40. The van der Waals surface area contributed by atoms with E-state index >= 15 is 0 Å². The maximum absolute atomic E-state index is 13.4. The second kappa shape index (κ2) is 6.79. The Kier molecular flexibility index (Phi) is 4.65. The molecule has 8 heteroatoms. The number of benzene rings is 2. The van der Waals surface area contributed by atoms with Gasteiger partial charge < -0.3 is 33.4 Å². The van der Waals surface area contributed by atoms with Crippen LogP contribution >= 0.6 is 0 Å². The van der Waals surface area contributed by atoms with E-state index in [4.69, 9.17) is 23.7 Å². The van der Waals surface area contributed by atoms with E-state index in [1.807, 2.05) is 0 Å². The molecule has 0 unspecified atom stereocenters. The molecule has 1 N–H and O–H groups in total. The number of hydrogen-bond acceptors (Lipinski definition) is 7. The minimum absolute atomic E-state index is 0.0780. The van der Waals surface area contributed by atoms with E-state index in [0.29, 0.717) is 22.2 Å². The molecule has 0 bridgehead atoms. The Morgan fingerprint density at radius 3 is 1.78 bits per heavy atom. The fraction of sp³-hybridized carbons (Fsp3) is 0.316. The number of methoxy groups -OCH3 is 5. The number of phenols is 1. The molecular weight excluding hydrogens is 354 g/mol. The summed E-state index contributed by atoms with van der Waals surface area (Å²) in [5, 5.41) is 10.8. The number of aryl methyl sites for hydroxylation is 1. The summed E-state index contributed by atoms with van der Waals surface area (Å²) in [4.78, 5) is 13.4. The summed E-state index contributed by atoms with van der Waals surface area (Å²) < 4.78 is 29.0. The van der Waals surface area contributed by atoms with E-state index in [1.165, 1.54) is 47.7 Å². The third-order valence-corrected chi connectivity index (χ3v) is 4.57. The Labute approximate surface area is 155 Å². The van der Waals surface area contributed by atoms with Gasteiger partial charge in [-0.2, -0.15) is 0 Å². The molecule has 0 fully saturated rings. The number of rotatable bonds is 5. The van der Waals surface area contributed by atoms with Crippen LogP contribution in [-0.4, -0.2) is 45.2 Å². The topological polar surface area (TPSA) is 88.4 Å². The highest BCUT2D eigenvalue weighted by atomic mass is 16.5. The first-order valence-corrected chi connectivity index (χ1v) is 8.04. The van der Waals surface area contributed by atoms with Crippen molar-refractivity contribution in [2.45, 2.75) is 0 Å². The number of aromatic nitrogens is 1. The van der Waals surface area contributed by atoms with Crippen LogP contribution in [0.4, 0.5) is 0 Å². The lowest BCUT2D eigenvalue weighted by molar-refractivity contribution is 0.309. The zero-order chi connectivity index (χ0) is 19.9. The highest BCUT2D eigenvalue weighted by molar-refractivity contribution is 6.04. The maximum atomic E-state index is 13.4. The Morgan fingerprint density at radius 1 is 0.741 bits per heavy atom. The van der Waals surface area contributed by atoms with E-state index in [0.717, 1.165) is 0 Å². The van der Waals surface area contributed by atoms with Crippen LogP contribution in [0.5, 0.6) is 34.5 Å². The van der Waals surface area contributed by atoms with Gasteiger partial charge in [0.15, 0.2) is 23.0 Å². The van der Waals surface area contributed by atoms with Crippen LogP contribution in [-0.2, 0) is 7.05 Å². The number of phenolic OH excluding ortho intramolecular Hbond substituents is 1. The lowest BCUT2D eigenvalue weighted by Gasteiger charge is -2.21. The molecule has 1 aromatic heterocycles. The zero-order valence-electron chi connectivity index (χ0n) is 16.0. The van der Waals surface area contributed by atoms with Crippen molar-refractivity contribution < 1.29 is 28.8 Å². The van der Waals surface area contributed by atoms with Gasteiger partial charge in [0.25, 0.3) is 0 Å². The molecule has 0 saturated heterocycles. The molecule has 0 aliphatic carbocycles. The summed E-state index contributed by atoms with van der Waals surface area (Å²) in [5.74, 6) is 1.19. The summed E-state index contributed by atoms with van der Waals surface area (Å²) in [6, 6.07) is 2.95. The van der Waals surface area contributed by atoms with E-state index < -0.39 is 0 Å². The van der Waals surface area contributed by atoms with Crippen molar-refractivity contribution in [3.63, 3.8) is 0 Å². The molecule has 3 rings (SSSR count). The van der Waals surface area contributed by atoms with Crippen LogP contribution in [0.15, 0.2) is 16.9 Å². The highest BCUT2D eigenvalue weighted by Crippen LogP contribution is 2.50. The van der Waals surface area contributed by atoms with Crippen LogP contribution in [0.3, 0.4) is 0 Å². The molecule has 0 atom stereocenters. The third-order valence-electron chi connectivity index (χ3n) is 4.57. The van der Waals surface area contributed by atoms with Crippen LogP contribution in [0.25, 0.3) is 21.8 Å². The van der Waals surface area contributed by atoms with Crippen molar-refractivity contribution >= 4 is 21.8 Å². The molecule has 1 heterocycles. The summed E-state index contributed by atoms with van der Waals surface area (Å²) >= 11 is 0. The van der Waals surface area contributed by atoms with Gasteiger partial charge >= 0.3 is 0 Å². The molecule has 2 aromatic carbocycles. The van der Waals surface area contributed by atoms with Gasteiger partial charge in [-0.1, -0.05) is 0 Å². The Hall–Kier alpha value is -3.29. The summed E-state index contributed by atoms with van der Waals surface area (Å²) in [5.41, 5.74) is 0.531. The van der Waals surface area contributed by atoms with Crippen LogP contribution in [0.2, 0.25) is 0 Å². The summed E-state index contributed by atoms with van der Waals surface area (Å²) in [6.45, 7) is 0. The molecule has 0 spiro atoms. The number of nitrogens with zero attached hydrogens (tertiary/aromatic N) is 1. The lowest BCUT2D eigenvalue weighted by atomic mass is 10.1. The number of fused-ring (bicyclic) bond motifs is 2. The predicted octanol–water partition coefficient (Wildman–Crippen LogP) is 2.44. The second-order valence-electron chi connectivity index (χ2n) is 5.76. The molecule has 8 nitrogen and oxygen atoms in total. The highest BCUT2D eigenvalue weighted by Gasteiger charge is 2.28. The Morgan fingerprint density at radius 2 is 1.26 bits per heavy atom. The first-order chi connectivity index (χ1) is 13.0. The van der Waals surface area contributed by atoms with Crippen LogP contribution in [0.1, 0.15) is 0 Å². The molecule has 144 valence electrons. The Bertz CT molecular complexity index is 1100. The normalized spacial score (nSPS) is 10.9. The van der Waals surface area contributed by atoms with E-state index in [1.54, 1.807) is 11.6 Å². The minimum Gasteiger partial charge on any atom is -0.504 e. The minimum atomic E-state index is -0.312. The first kappa shape index (κ1) is 18.5. The molecule has 0 aliphatic heterocycles. The largest absolute Gasteiger partial charge is 0.504 e. The molecular formula is C19H21NO7. The van der Waals surface area contributed by atoms with Gasteiger partial charge in [-0.25, -0.2) is 0 Å². The molecule has 0 radical (unpaired) electrons. The van der Waals surface area contributed by atoms with Crippen molar-refractivity contribution in [2.24, 2.45) is 7.05 Å². The van der Waals surface area contributed by atoms with E-state index in [2.05, 4.69) is 0 Å². The number of pyridine rings is 1. The van der Waals surface area contributed by atoms with Crippen molar-refractivity contribution in [3.8, 4) is 34.5 Å². The fourth-order valence-electron chi connectivity index (χ4n) is 3.46. The van der Waals surface area contributed by atoms with Crippen LogP contribution in [0, 0.1) is 0 Å². The summed E-state index contributed by atoms with van der Waals surface area (Å²) in [6.07, 6.45) is 0. The lowest BCUT2D eigenvalue weighted by Crippen LogP contribution is -2.13. The quantitative estimate of drug-likeness (QED) is 0.685. The van der Waals surface area contributed by atoms with Crippen molar-refractivity contribution in [1.82, 2.24) is 4.57 Å². The van der Waals surface area contributed by atoms with Gasteiger partial charge in [0.1, 0.15) is 5.52 Å². The average molecular weight is 375 g/mol. The van der Waals surface area contributed by atoms with Crippen molar-refractivity contribution in [3.05, 3.63) is 22.4 Å². The van der Waals surface area contributed by atoms with E-state index in [9.17, 15) is 9.90 Å². The fourth-order valence-corrected chi connectivity index (χ4v) is 3.46. The zero-order valence-corrected chi connectivity index (χ0v) is 16.0. The van der Waals surface area contributed by atoms with Gasteiger partial charge in [-0.15, -0.1) is 0 Å². The maximum Gasteiger partial charge on any atom is 0.209 e. The number of hydrogen-bond donors (Lipinski definition) is 1. The van der Waals surface area contributed by atoms with Crippen molar-refractivity contribution in [1.29, 1.82) is 0 Å².